The van der Waals surface area contributed by atoms with E-state index in [1.165, 1.54) is 19.3 Å². The number of carbonyl (C=O) groups excluding carboxylic acids is 2. The number of rotatable bonds is 11. The molecule has 0 aliphatic heterocycles. The average Bonchev–Trinajstić information content (AvgIpc) is 2.87. The molecule has 0 saturated heterocycles. The Hall–Kier alpha value is -2.86. The molecular weight excluding hydrogens is 464 g/mol. The summed E-state index contributed by atoms with van der Waals surface area (Å²) in [5.41, 5.74) is 1.39. The van der Waals surface area contributed by atoms with E-state index in [1.807, 2.05) is 81.4 Å². The number of carbonyl (C=O) groups is 2. The molecule has 2 aromatic carbocycles. The first-order chi connectivity index (χ1) is 17.7. The van der Waals surface area contributed by atoms with Crippen LogP contribution in [0.3, 0.4) is 0 Å². The van der Waals surface area contributed by atoms with Crippen LogP contribution in [0.1, 0.15) is 70.4 Å². The minimum Gasteiger partial charge on any atom is -0.444 e. The molecule has 0 spiro atoms. The first-order valence-corrected chi connectivity index (χ1v) is 13.7. The molecule has 0 heterocycles. The van der Waals surface area contributed by atoms with Gasteiger partial charge in [-0.3, -0.25) is 4.79 Å². The van der Waals surface area contributed by atoms with Crippen molar-refractivity contribution in [2.75, 3.05) is 6.54 Å². The summed E-state index contributed by atoms with van der Waals surface area (Å²) in [7, 11) is 0. The smallest absolute Gasteiger partial charge is 0.407 e. The number of benzene rings is 2. The predicted molar refractivity (Wildman–Crippen MR) is 147 cm³/mol. The van der Waals surface area contributed by atoms with Gasteiger partial charge >= 0.3 is 6.09 Å². The molecule has 1 saturated carbocycles. The first kappa shape index (κ1) is 28.7. The third kappa shape index (κ3) is 10.6. The Bertz CT molecular complexity index is 952. The summed E-state index contributed by atoms with van der Waals surface area (Å²) in [6.45, 7) is 6.11. The summed E-state index contributed by atoms with van der Waals surface area (Å²) < 4.78 is 5.47. The maximum Gasteiger partial charge on any atom is 0.407 e. The number of hydrogen-bond donors (Lipinski definition) is 3. The SMILES string of the molecule is CC(C)(C)OC(=O)NC(Cc1ccccc1)C(O)CC(Cc1ccccc1)C(=O)NCC1CCCCC1. The first-order valence-electron chi connectivity index (χ1n) is 13.7. The lowest BCUT2D eigenvalue weighted by Crippen LogP contribution is -2.48. The standard InChI is InChI=1S/C31H44N2O4/c1-31(2,3)37-30(36)33-27(20-24-15-9-5-10-16-24)28(34)21-26(19-23-13-7-4-8-14-23)29(35)32-22-25-17-11-6-12-18-25/h4-5,7-10,13-16,25-28,34H,6,11-12,17-22H2,1-3H3,(H,32,35)(H,33,36). The van der Waals surface area contributed by atoms with Crippen molar-refractivity contribution in [1.29, 1.82) is 0 Å². The lowest BCUT2D eigenvalue weighted by Gasteiger charge is -2.29. The van der Waals surface area contributed by atoms with Gasteiger partial charge in [0.25, 0.3) is 0 Å². The quantitative estimate of drug-likeness (QED) is 0.378. The average molecular weight is 509 g/mol. The molecule has 3 rings (SSSR count). The van der Waals surface area contributed by atoms with Crippen molar-refractivity contribution in [2.45, 2.75) is 89.9 Å². The highest BCUT2D eigenvalue weighted by Crippen LogP contribution is 2.24. The fourth-order valence-electron chi connectivity index (χ4n) is 5.03. The van der Waals surface area contributed by atoms with Crippen LogP contribution in [0.25, 0.3) is 0 Å². The van der Waals surface area contributed by atoms with Gasteiger partial charge in [0.05, 0.1) is 12.1 Å². The molecule has 6 heteroatoms. The van der Waals surface area contributed by atoms with Crippen molar-refractivity contribution < 1.29 is 19.4 Å². The zero-order chi connectivity index (χ0) is 26.7. The summed E-state index contributed by atoms with van der Waals surface area (Å²) in [5, 5.41) is 17.4. The molecule has 3 N–H and O–H groups in total. The number of nitrogens with one attached hydrogen (secondary N) is 2. The molecule has 1 fully saturated rings. The second-order valence-electron chi connectivity index (χ2n) is 11.4. The Morgan fingerprint density at radius 3 is 2.05 bits per heavy atom. The van der Waals surface area contributed by atoms with Crippen LogP contribution >= 0.6 is 0 Å². The molecule has 1 aliphatic carbocycles. The number of amides is 2. The molecule has 2 aromatic rings. The minimum atomic E-state index is -0.929. The van der Waals surface area contributed by atoms with Crippen molar-refractivity contribution in [3.8, 4) is 0 Å². The summed E-state index contributed by atoms with van der Waals surface area (Å²) in [6, 6.07) is 19.0. The Kier molecular flexibility index (Phi) is 11.0. The highest BCUT2D eigenvalue weighted by Gasteiger charge is 2.30. The third-order valence-corrected chi connectivity index (χ3v) is 6.98. The van der Waals surface area contributed by atoms with E-state index in [-0.39, 0.29) is 12.3 Å². The highest BCUT2D eigenvalue weighted by atomic mass is 16.6. The van der Waals surface area contributed by atoms with Gasteiger partial charge in [-0.05, 0) is 69.9 Å². The van der Waals surface area contributed by atoms with Crippen LogP contribution in [0.4, 0.5) is 4.79 Å². The van der Waals surface area contributed by atoms with Gasteiger partial charge in [0.2, 0.25) is 5.91 Å². The van der Waals surface area contributed by atoms with Crippen LogP contribution < -0.4 is 10.6 Å². The Morgan fingerprint density at radius 2 is 1.49 bits per heavy atom. The largest absolute Gasteiger partial charge is 0.444 e. The monoisotopic (exact) mass is 508 g/mol. The third-order valence-electron chi connectivity index (χ3n) is 6.98. The van der Waals surface area contributed by atoms with Crippen molar-refractivity contribution in [3.05, 3.63) is 71.8 Å². The van der Waals surface area contributed by atoms with Crippen molar-refractivity contribution in [3.63, 3.8) is 0 Å². The number of aliphatic hydroxyl groups is 1. The number of alkyl carbamates (subject to hydrolysis) is 1. The van der Waals surface area contributed by atoms with Gasteiger partial charge in [-0.25, -0.2) is 4.79 Å². The van der Waals surface area contributed by atoms with Crippen LogP contribution in [0.2, 0.25) is 0 Å². The topological polar surface area (TPSA) is 87.7 Å². The highest BCUT2D eigenvalue weighted by molar-refractivity contribution is 5.79. The summed E-state index contributed by atoms with van der Waals surface area (Å²) in [6.07, 6.45) is 5.74. The maximum atomic E-state index is 13.4. The normalized spacial score (nSPS) is 16.9. The van der Waals surface area contributed by atoms with Crippen LogP contribution in [-0.4, -0.2) is 41.4 Å². The summed E-state index contributed by atoms with van der Waals surface area (Å²) >= 11 is 0. The fraction of sp³-hybridized carbons (Fsp3) is 0.548. The van der Waals surface area contributed by atoms with E-state index in [4.69, 9.17) is 4.74 Å². The fourth-order valence-corrected chi connectivity index (χ4v) is 5.03. The van der Waals surface area contributed by atoms with Crippen LogP contribution in [0, 0.1) is 11.8 Å². The van der Waals surface area contributed by atoms with E-state index in [0.29, 0.717) is 25.3 Å². The molecule has 3 atom stereocenters. The van der Waals surface area contributed by atoms with E-state index < -0.39 is 29.8 Å². The van der Waals surface area contributed by atoms with E-state index >= 15 is 0 Å². The molecule has 0 radical (unpaired) electrons. The Balaban J connectivity index is 1.73. The molecule has 0 bridgehead atoms. The zero-order valence-corrected chi connectivity index (χ0v) is 22.6. The van der Waals surface area contributed by atoms with Crippen LogP contribution in [0.5, 0.6) is 0 Å². The van der Waals surface area contributed by atoms with Gasteiger partial charge in [-0.2, -0.15) is 0 Å². The lowest BCUT2D eigenvalue weighted by molar-refractivity contribution is -0.126. The molecule has 202 valence electrons. The van der Waals surface area contributed by atoms with E-state index in [9.17, 15) is 14.7 Å². The maximum absolute atomic E-state index is 13.4. The zero-order valence-electron chi connectivity index (χ0n) is 22.6. The van der Waals surface area contributed by atoms with E-state index in [0.717, 1.165) is 24.0 Å². The second-order valence-corrected chi connectivity index (χ2v) is 11.4. The molecule has 2 amide bonds. The Morgan fingerprint density at radius 1 is 0.919 bits per heavy atom. The van der Waals surface area contributed by atoms with Gasteiger partial charge in [0.15, 0.2) is 0 Å². The molecule has 3 unspecified atom stereocenters. The molecule has 1 aliphatic rings. The van der Waals surface area contributed by atoms with Crippen molar-refractivity contribution in [1.82, 2.24) is 10.6 Å². The molecule has 37 heavy (non-hydrogen) atoms. The van der Waals surface area contributed by atoms with Crippen molar-refractivity contribution >= 4 is 12.0 Å². The van der Waals surface area contributed by atoms with Crippen LogP contribution in [-0.2, 0) is 22.4 Å². The van der Waals surface area contributed by atoms with Gasteiger partial charge in [0.1, 0.15) is 5.60 Å². The van der Waals surface area contributed by atoms with Gasteiger partial charge < -0.3 is 20.5 Å². The van der Waals surface area contributed by atoms with Gasteiger partial charge in [-0.1, -0.05) is 79.9 Å². The number of aliphatic hydroxyl groups excluding tert-OH is 1. The van der Waals surface area contributed by atoms with Gasteiger partial charge in [0, 0.05) is 12.5 Å². The van der Waals surface area contributed by atoms with Crippen LogP contribution in [0.15, 0.2) is 60.7 Å². The second kappa shape index (κ2) is 14.2. The minimum absolute atomic E-state index is 0.0378. The molecule has 0 aromatic heterocycles. The predicted octanol–water partition coefficient (Wildman–Crippen LogP) is 5.43. The van der Waals surface area contributed by atoms with E-state index in [2.05, 4.69) is 10.6 Å². The number of hydrogen-bond acceptors (Lipinski definition) is 4. The molecule has 6 nitrogen and oxygen atoms in total. The number of ether oxygens (including phenoxy) is 1. The summed E-state index contributed by atoms with van der Waals surface area (Å²) in [5.74, 6) is 0.0727. The molecular formula is C31H44N2O4. The van der Waals surface area contributed by atoms with Gasteiger partial charge in [-0.15, -0.1) is 0 Å². The van der Waals surface area contributed by atoms with E-state index in [1.54, 1.807) is 0 Å². The van der Waals surface area contributed by atoms with Crippen molar-refractivity contribution in [2.24, 2.45) is 11.8 Å². The lowest BCUT2D eigenvalue weighted by atomic mass is 9.87. The Labute approximate surface area is 222 Å². The summed E-state index contributed by atoms with van der Waals surface area (Å²) in [4.78, 5) is 26.0.